The van der Waals surface area contributed by atoms with Gasteiger partial charge >= 0.3 is 5.97 Å². The lowest BCUT2D eigenvalue weighted by Gasteiger charge is -2.35. The monoisotopic (exact) mass is 572 g/mol. The van der Waals surface area contributed by atoms with Crippen LogP contribution in [-0.2, 0) is 27.4 Å². The van der Waals surface area contributed by atoms with Gasteiger partial charge in [-0.3, -0.25) is 9.69 Å². The van der Waals surface area contributed by atoms with Gasteiger partial charge in [-0.25, -0.2) is 4.99 Å². The van der Waals surface area contributed by atoms with Gasteiger partial charge in [-0.2, -0.15) is 0 Å². The standard InChI is InChI=1S/C25H40N4O3.HI/c1-5-26-25(29-13-11-21(12-14-29)24(30)31-6-2)27-15-22-9-7-8-10-23(22)18-28-16-19(3)32-20(4)17-28;/h7-10,19-21H,5-6,11-18H2,1-4H3,(H,26,27);1H. The molecule has 0 bridgehead atoms. The molecule has 0 saturated carbocycles. The molecular weight excluding hydrogens is 531 g/mol. The van der Waals surface area contributed by atoms with Gasteiger partial charge in [-0.15, -0.1) is 24.0 Å². The second-order valence-electron chi connectivity index (χ2n) is 8.90. The fraction of sp³-hybridized carbons (Fsp3) is 0.680. The van der Waals surface area contributed by atoms with Crippen molar-refractivity contribution in [2.75, 3.05) is 39.3 Å². The summed E-state index contributed by atoms with van der Waals surface area (Å²) in [4.78, 5) is 21.8. The Balaban J connectivity index is 0.00000385. The first-order chi connectivity index (χ1) is 15.5. The van der Waals surface area contributed by atoms with Crippen LogP contribution in [0.5, 0.6) is 0 Å². The van der Waals surface area contributed by atoms with Crippen LogP contribution in [0.25, 0.3) is 0 Å². The number of esters is 1. The second-order valence-corrected chi connectivity index (χ2v) is 8.90. The molecule has 0 aliphatic carbocycles. The molecule has 0 amide bonds. The van der Waals surface area contributed by atoms with Crippen LogP contribution in [-0.4, -0.2) is 73.3 Å². The number of rotatable bonds is 7. The maximum Gasteiger partial charge on any atom is 0.309 e. The van der Waals surface area contributed by atoms with E-state index in [0.29, 0.717) is 13.2 Å². The van der Waals surface area contributed by atoms with Crippen LogP contribution in [0.15, 0.2) is 29.3 Å². The van der Waals surface area contributed by atoms with E-state index in [0.717, 1.165) is 58.1 Å². The summed E-state index contributed by atoms with van der Waals surface area (Å²) in [5.41, 5.74) is 2.59. The molecule has 8 heteroatoms. The summed E-state index contributed by atoms with van der Waals surface area (Å²) in [5.74, 6) is 0.876. The number of ether oxygens (including phenoxy) is 2. The van der Waals surface area contributed by atoms with Crippen LogP contribution in [0.2, 0.25) is 0 Å². The minimum Gasteiger partial charge on any atom is -0.466 e. The fourth-order valence-corrected chi connectivity index (χ4v) is 4.69. The van der Waals surface area contributed by atoms with E-state index < -0.39 is 0 Å². The smallest absolute Gasteiger partial charge is 0.309 e. The lowest BCUT2D eigenvalue weighted by atomic mass is 9.97. The Labute approximate surface area is 216 Å². The average Bonchev–Trinajstić information content (AvgIpc) is 2.77. The van der Waals surface area contributed by atoms with Crippen molar-refractivity contribution in [2.24, 2.45) is 10.9 Å². The number of carbonyl (C=O) groups excluding carboxylic acids is 1. The van der Waals surface area contributed by atoms with E-state index in [1.54, 1.807) is 0 Å². The van der Waals surface area contributed by atoms with Crippen LogP contribution in [0, 0.1) is 5.92 Å². The summed E-state index contributed by atoms with van der Waals surface area (Å²) >= 11 is 0. The summed E-state index contributed by atoms with van der Waals surface area (Å²) < 4.78 is 11.1. The van der Waals surface area contributed by atoms with Gasteiger partial charge in [-0.1, -0.05) is 24.3 Å². The average molecular weight is 573 g/mol. The molecule has 2 atom stereocenters. The molecule has 1 N–H and O–H groups in total. The third-order valence-corrected chi connectivity index (χ3v) is 6.16. The highest BCUT2D eigenvalue weighted by atomic mass is 127. The van der Waals surface area contributed by atoms with Crippen LogP contribution in [0.3, 0.4) is 0 Å². The number of morpholine rings is 1. The highest BCUT2D eigenvalue weighted by molar-refractivity contribution is 14.0. The quantitative estimate of drug-likeness (QED) is 0.233. The number of likely N-dealkylation sites (tertiary alicyclic amines) is 1. The Morgan fingerprint density at radius 3 is 2.36 bits per heavy atom. The molecule has 0 aromatic heterocycles. The van der Waals surface area contributed by atoms with Crippen molar-refractivity contribution >= 4 is 35.9 Å². The Bertz CT molecular complexity index is 758. The van der Waals surface area contributed by atoms with Gasteiger partial charge in [-0.05, 0) is 51.7 Å². The van der Waals surface area contributed by atoms with Crippen LogP contribution in [0.4, 0.5) is 0 Å². The Morgan fingerprint density at radius 2 is 1.76 bits per heavy atom. The molecule has 186 valence electrons. The predicted octanol–water partition coefficient (Wildman–Crippen LogP) is 3.65. The summed E-state index contributed by atoms with van der Waals surface area (Å²) in [7, 11) is 0. The predicted molar refractivity (Wildman–Crippen MR) is 143 cm³/mol. The van der Waals surface area contributed by atoms with Crippen molar-refractivity contribution < 1.29 is 14.3 Å². The Hall–Kier alpha value is -1.39. The second kappa shape index (κ2) is 14.1. The van der Waals surface area contributed by atoms with E-state index in [2.05, 4.69) is 60.2 Å². The number of halogens is 1. The zero-order chi connectivity index (χ0) is 22.9. The molecule has 2 unspecified atom stereocenters. The van der Waals surface area contributed by atoms with Crippen molar-refractivity contribution in [1.29, 1.82) is 0 Å². The molecule has 7 nitrogen and oxygen atoms in total. The zero-order valence-corrected chi connectivity index (χ0v) is 22.9. The summed E-state index contributed by atoms with van der Waals surface area (Å²) in [6.07, 6.45) is 2.16. The van der Waals surface area contributed by atoms with Gasteiger partial charge in [0.15, 0.2) is 5.96 Å². The lowest BCUT2D eigenvalue weighted by molar-refractivity contribution is -0.149. The van der Waals surface area contributed by atoms with Gasteiger partial charge in [0.05, 0.1) is 31.3 Å². The first-order valence-corrected chi connectivity index (χ1v) is 12.1. The maximum atomic E-state index is 12.1. The molecule has 2 heterocycles. The zero-order valence-electron chi connectivity index (χ0n) is 20.6. The molecule has 1 aromatic carbocycles. The van der Waals surface area contributed by atoms with Crippen LogP contribution >= 0.6 is 24.0 Å². The van der Waals surface area contributed by atoms with E-state index in [1.165, 1.54) is 11.1 Å². The number of nitrogens with one attached hydrogen (secondary N) is 1. The maximum absolute atomic E-state index is 12.1. The summed E-state index contributed by atoms with van der Waals surface area (Å²) in [6.45, 7) is 14.6. The third-order valence-electron chi connectivity index (χ3n) is 6.16. The summed E-state index contributed by atoms with van der Waals surface area (Å²) in [6, 6.07) is 8.61. The largest absolute Gasteiger partial charge is 0.466 e. The number of aliphatic imine (C=N–C) groups is 1. The van der Waals surface area contributed by atoms with Crippen LogP contribution in [0.1, 0.15) is 51.7 Å². The molecule has 33 heavy (non-hydrogen) atoms. The van der Waals surface area contributed by atoms with E-state index in [4.69, 9.17) is 14.5 Å². The molecule has 2 saturated heterocycles. The molecule has 2 aliphatic heterocycles. The molecule has 1 aromatic rings. The normalized spacial score (nSPS) is 22.5. The van der Waals surface area contributed by atoms with Gasteiger partial charge in [0.1, 0.15) is 0 Å². The minimum atomic E-state index is -0.0604. The SMILES string of the molecule is CCNC(=NCc1ccccc1CN1CC(C)OC(C)C1)N1CCC(C(=O)OCC)CC1.I. The van der Waals surface area contributed by atoms with Gasteiger partial charge in [0.2, 0.25) is 0 Å². The highest BCUT2D eigenvalue weighted by Crippen LogP contribution is 2.20. The first-order valence-electron chi connectivity index (χ1n) is 12.1. The van der Waals surface area contributed by atoms with E-state index in [9.17, 15) is 4.79 Å². The number of guanidine groups is 1. The van der Waals surface area contributed by atoms with Crippen molar-refractivity contribution in [1.82, 2.24) is 15.1 Å². The fourth-order valence-electron chi connectivity index (χ4n) is 4.69. The van der Waals surface area contributed by atoms with Crippen molar-refractivity contribution in [3.05, 3.63) is 35.4 Å². The van der Waals surface area contributed by atoms with E-state index in [1.807, 2.05) is 6.92 Å². The molecule has 0 radical (unpaired) electrons. The number of carbonyl (C=O) groups is 1. The van der Waals surface area contributed by atoms with Gasteiger partial charge < -0.3 is 19.7 Å². The van der Waals surface area contributed by atoms with Crippen molar-refractivity contribution in [2.45, 2.75) is 65.8 Å². The van der Waals surface area contributed by atoms with E-state index >= 15 is 0 Å². The topological polar surface area (TPSA) is 66.4 Å². The number of piperidine rings is 1. The summed E-state index contributed by atoms with van der Waals surface area (Å²) in [5, 5.41) is 3.44. The Kier molecular flexibility index (Phi) is 11.9. The molecule has 2 fully saturated rings. The third kappa shape index (κ3) is 8.40. The van der Waals surface area contributed by atoms with E-state index in [-0.39, 0.29) is 48.1 Å². The molecule has 3 rings (SSSR count). The van der Waals surface area contributed by atoms with Gasteiger partial charge in [0.25, 0.3) is 0 Å². The molecule has 0 spiro atoms. The van der Waals surface area contributed by atoms with Crippen molar-refractivity contribution in [3.63, 3.8) is 0 Å². The number of hydrogen-bond donors (Lipinski definition) is 1. The van der Waals surface area contributed by atoms with Crippen LogP contribution < -0.4 is 5.32 Å². The van der Waals surface area contributed by atoms with Gasteiger partial charge in [0, 0.05) is 39.3 Å². The lowest BCUT2D eigenvalue weighted by Crippen LogP contribution is -2.46. The first kappa shape index (κ1) is 27.9. The Morgan fingerprint density at radius 1 is 1.12 bits per heavy atom. The molecular formula is C25H41IN4O3. The number of nitrogens with zero attached hydrogens (tertiary/aromatic N) is 3. The molecule has 2 aliphatic rings. The number of benzene rings is 1. The minimum absolute atomic E-state index is 0. The number of hydrogen-bond acceptors (Lipinski definition) is 5. The highest BCUT2D eigenvalue weighted by Gasteiger charge is 2.27. The van der Waals surface area contributed by atoms with Crippen molar-refractivity contribution in [3.8, 4) is 0 Å².